The molecule has 0 bridgehead atoms. The Labute approximate surface area is 69.3 Å². The van der Waals surface area contributed by atoms with Crippen LogP contribution in [-0.4, -0.2) is 34.4 Å². The van der Waals surface area contributed by atoms with Gasteiger partial charge in [-0.15, -0.1) is 5.10 Å². The van der Waals surface area contributed by atoms with Gasteiger partial charge in [0.25, 0.3) is 0 Å². The highest BCUT2D eigenvalue weighted by atomic mass is 19.1. The molecule has 1 aliphatic heterocycles. The molecular formula is C7H10FN3O. The second kappa shape index (κ2) is 2.82. The monoisotopic (exact) mass is 171 g/mol. The van der Waals surface area contributed by atoms with Crippen molar-refractivity contribution in [1.29, 1.82) is 0 Å². The van der Waals surface area contributed by atoms with Gasteiger partial charge in [0.1, 0.15) is 12.2 Å². The third kappa shape index (κ3) is 1.20. The maximum Gasteiger partial charge on any atom is 0.148 e. The Balaban J connectivity index is 2.19. The first-order chi connectivity index (χ1) is 5.77. The summed E-state index contributed by atoms with van der Waals surface area (Å²) >= 11 is 0. The second-order valence-electron chi connectivity index (χ2n) is 2.96. The lowest BCUT2D eigenvalue weighted by molar-refractivity contribution is 0.172. The molecule has 4 nitrogen and oxygen atoms in total. The topological polar surface area (TPSA) is 39.9 Å². The van der Waals surface area contributed by atoms with Crippen molar-refractivity contribution >= 4 is 0 Å². The molecule has 0 saturated carbocycles. The van der Waals surface area contributed by atoms with E-state index in [1.54, 1.807) is 6.20 Å². The van der Waals surface area contributed by atoms with Crippen molar-refractivity contribution in [3.8, 4) is 0 Å². The van der Waals surface area contributed by atoms with Gasteiger partial charge in [-0.1, -0.05) is 5.21 Å². The summed E-state index contributed by atoms with van der Waals surface area (Å²) in [5.41, 5.74) is 0.800. The normalized spacial score (nSPS) is 29.5. The lowest BCUT2D eigenvalue weighted by Gasteiger charge is -2.08. The van der Waals surface area contributed by atoms with Gasteiger partial charge in [0, 0.05) is 6.20 Å². The molecule has 12 heavy (non-hydrogen) atoms. The Morgan fingerprint density at radius 3 is 3.00 bits per heavy atom. The van der Waals surface area contributed by atoms with Crippen LogP contribution in [0.2, 0.25) is 0 Å². The average molecular weight is 171 g/mol. The standard InChI is InChI=1S/C7H10FN3O/c1-5-2-11(10-9-5)7-4-12-3-6(7)8/h2,6-7H,3-4H2,1H3/t6-,7+/m1/s1. The van der Waals surface area contributed by atoms with Gasteiger partial charge in [0.2, 0.25) is 0 Å². The van der Waals surface area contributed by atoms with Crippen molar-refractivity contribution in [2.24, 2.45) is 0 Å². The summed E-state index contributed by atoms with van der Waals surface area (Å²) < 4.78 is 19.6. The van der Waals surface area contributed by atoms with E-state index in [-0.39, 0.29) is 12.6 Å². The van der Waals surface area contributed by atoms with Crippen molar-refractivity contribution < 1.29 is 9.13 Å². The quantitative estimate of drug-likeness (QED) is 0.617. The van der Waals surface area contributed by atoms with Crippen LogP contribution in [0.3, 0.4) is 0 Å². The molecule has 2 heterocycles. The maximum atomic E-state index is 13.1. The lowest BCUT2D eigenvalue weighted by Crippen LogP contribution is -2.19. The molecule has 1 aromatic rings. The van der Waals surface area contributed by atoms with Crippen molar-refractivity contribution in [1.82, 2.24) is 15.0 Å². The van der Waals surface area contributed by atoms with Crippen LogP contribution in [0, 0.1) is 6.92 Å². The van der Waals surface area contributed by atoms with Crippen molar-refractivity contribution in [3.63, 3.8) is 0 Å². The van der Waals surface area contributed by atoms with E-state index in [9.17, 15) is 4.39 Å². The molecule has 66 valence electrons. The van der Waals surface area contributed by atoms with Crippen molar-refractivity contribution in [2.75, 3.05) is 13.2 Å². The SMILES string of the molecule is Cc1cn([C@H]2COC[C@H]2F)nn1. The van der Waals surface area contributed by atoms with Crippen LogP contribution in [0.15, 0.2) is 6.20 Å². The first-order valence-corrected chi connectivity index (χ1v) is 3.87. The third-order valence-electron chi connectivity index (χ3n) is 1.95. The number of ether oxygens (including phenoxy) is 1. The second-order valence-corrected chi connectivity index (χ2v) is 2.96. The average Bonchev–Trinajstić information content (AvgIpc) is 2.58. The zero-order valence-corrected chi connectivity index (χ0v) is 6.77. The highest BCUT2D eigenvalue weighted by Crippen LogP contribution is 2.21. The van der Waals surface area contributed by atoms with Crippen LogP contribution in [-0.2, 0) is 4.74 Å². The summed E-state index contributed by atoms with van der Waals surface area (Å²) in [5.74, 6) is 0. The zero-order chi connectivity index (χ0) is 8.55. The van der Waals surface area contributed by atoms with Gasteiger partial charge in [-0.05, 0) is 6.92 Å². The molecule has 0 aliphatic carbocycles. The highest BCUT2D eigenvalue weighted by molar-refractivity contribution is 4.91. The van der Waals surface area contributed by atoms with E-state index in [1.165, 1.54) is 4.68 Å². The van der Waals surface area contributed by atoms with Crippen molar-refractivity contribution in [3.05, 3.63) is 11.9 Å². The van der Waals surface area contributed by atoms with E-state index in [4.69, 9.17) is 4.74 Å². The molecule has 0 radical (unpaired) electrons. The molecule has 0 N–H and O–H groups in total. The van der Waals surface area contributed by atoms with E-state index < -0.39 is 6.17 Å². The fraction of sp³-hybridized carbons (Fsp3) is 0.714. The Hall–Kier alpha value is -0.970. The summed E-state index contributed by atoms with van der Waals surface area (Å²) in [6.45, 7) is 2.39. The number of hydrogen-bond acceptors (Lipinski definition) is 3. The first kappa shape index (κ1) is 7.67. The summed E-state index contributed by atoms with van der Waals surface area (Å²) in [6, 6.07) is -0.286. The highest BCUT2D eigenvalue weighted by Gasteiger charge is 2.30. The molecular weight excluding hydrogens is 161 g/mol. The molecule has 1 aliphatic rings. The zero-order valence-electron chi connectivity index (χ0n) is 6.77. The fourth-order valence-corrected chi connectivity index (χ4v) is 1.29. The fourth-order valence-electron chi connectivity index (χ4n) is 1.29. The van der Waals surface area contributed by atoms with E-state index in [0.717, 1.165) is 5.69 Å². The molecule has 2 rings (SSSR count). The van der Waals surface area contributed by atoms with Crippen molar-refractivity contribution in [2.45, 2.75) is 19.1 Å². The molecule has 0 aromatic carbocycles. The Morgan fingerprint density at radius 2 is 2.50 bits per heavy atom. The van der Waals surface area contributed by atoms with Gasteiger partial charge < -0.3 is 4.74 Å². The molecule has 1 fully saturated rings. The van der Waals surface area contributed by atoms with Crippen LogP contribution in [0.25, 0.3) is 0 Å². The van der Waals surface area contributed by atoms with E-state index >= 15 is 0 Å². The predicted octanol–water partition coefficient (Wildman–Crippen LogP) is 0.496. The summed E-state index contributed by atoms with van der Waals surface area (Å²) in [4.78, 5) is 0. The van der Waals surface area contributed by atoms with Gasteiger partial charge >= 0.3 is 0 Å². The van der Waals surface area contributed by atoms with E-state index in [0.29, 0.717) is 6.61 Å². The molecule has 5 heteroatoms. The number of nitrogens with zero attached hydrogens (tertiary/aromatic N) is 3. The summed E-state index contributed by atoms with van der Waals surface area (Å²) in [6.07, 6.45) is 0.775. The van der Waals surface area contributed by atoms with E-state index in [1.807, 2.05) is 6.92 Å². The molecule has 0 spiro atoms. The predicted molar refractivity (Wildman–Crippen MR) is 39.5 cm³/mol. The molecule has 1 aromatic heterocycles. The summed E-state index contributed by atoms with van der Waals surface area (Å²) in [7, 11) is 0. The minimum absolute atomic E-state index is 0.170. The third-order valence-corrected chi connectivity index (χ3v) is 1.95. The number of halogens is 1. The molecule has 2 atom stereocenters. The van der Waals surface area contributed by atoms with Crippen LogP contribution in [0.1, 0.15) is 11.7 Å². The number of aryl methyl sites for hydroxylation is 1. The Bertz CT molecular complexity index is 275. The first-order valence-electron chi connectivity index (χ1n) is 3.87. The molecule has 0 unspecified atom stereocenters. The van der Waals surface area contributed by atoms with Crippen LogP contribution in [0.4, 0.5) is 4.39 Å². The minimum atomic E-state index is -0.953. The lowest BCUT2D eigenvalue weighted by atomic mass is 10.2. The maximum absolute atomic E-state index is 13.1. The molecule has 0 amide bonds. The van der Waals surface area contributed by atoms with Gasteiger partial charge in [-0.25, -0.2) is 9.07 Å². The summed E-state index contributed by atoms with van der Waals surface area (Å²) in [5, 5.41) is 7.58. The number of rotatable bonds is 1. The smallest absolute Gasteiger partial charge is 0.148 e. The Kier molecular flexibility index (Phi) is 1.80. The van der Waals surface area contributed by atoms with Gasteiger partial charge in [-0.2, -0.15) is 0 Å². The van der Waals surface area contributed by atoms with Crippen LogP contribution < -0.4 is 0 Å². The number of aromatic nitrogens is 3. The van der Waals surface area contributed by atoms with Crippen LogP contribution in [0.5, 0.6) is 0 Å². The Morgan fingerprint density at radius 1 is 1.67 bits per heavy atom. The number of alkyl halides is 1. The van der Waals surface area contributed by atoms with E-state index in [2.05, 4.69) is 10.3 Å². The van der Waals surface area contributed by atoms with Gasteiger partial charge in [0.15, 0.2) is 0 Å². The molecule has 1 saturated heterocycles. The van der Waals surface area contributed by atoms with Gasteiger partial charge in [0.05, 0.1) is 18.9 Å². The largest absolute Gasteiger partial charge is 0.376 e. The number of hydrogen-bond donors (Lipinski definition) is 0. The van der Waals surface area contributed by atoms with Gasteiger partial charge in [-0.3, -0.25) is 0 Å². The van der Waals surface area contributed by atoms with Crippen LogP contribution >= 0.6 is 0 Å². The minimum Gasteiger partial charge on any atom is -0.376 e.